The van der Waals surface area contributed by atoms with Crippen molar-refractivity contribution in [2.45, 2.75) is 42.5 Å². The lowest BCUT2D eigenvalue weighted by molar-refractivity contribution is -0.139. The van der Waals surface area contributed by atoms with Crippen molar-refractivity contribution >= 4 is 46.2 Å². The number of aliphatic hydroxyl groups is 1. The Hall–Kier alpha value is -3.64. The van der Waals surface area contributed by atoms with Crippen LogP contribution in [0, 0.1) is 11.8 Å². The molecule has 2 unspecified atom stereocenters. The van der Waals surface area contributed by atoms with Crippen LogP contribution in [0.4, 0.5) is 5.69 Å². The van der Waals surface area contributed by atoms with Crippen molar-refractivity contribution in [3.63, 3.8) is 0 Å². The molecule has 0 radical (unpaired) electrons. The van der Waals surface area contributed by atoms with Crippen LogP contribution < -0.4 is 15.4 Å². The van der Waals surface area contributed by atoms with Crippen LogP contribution in [0.1, 0.15) is 19.8 Å². The van der Waals surface area contributed by atoms with Crippen molar-refractivity contribution in [2.24, 2.45) is 11.8 Å². The van der Waals surface area contributed by atoms with Crippen LogP contribution in [0.5, 0.6) is 5.75 Å². The summed E-state index contributed by atoms with van der Waals surface area (Å²) >= 11 is 1.58. The minimum atomic E-state index is -0.796. The monoisotopic (exact) mass is 550 g/mol. The predicted octanol–water partition coefficient (Wildman–Crippen LogP) is 1.63. The Morgan fingerprint density at radius 3 is 2.74 bits per heavy atom. The summed E-state index contributed by atoms with van der Waals surface area (Å²) < 4.78 is 6.35. The van der Waals surface area contributed by atoms with Gasteiger partial charge in [-0.3, -0.25) is 14.4 Å². The average molecular weight is 551 g/mol. The number of anilines is 1. The van der Waals surface area contributed by atoms with Gasteiger partial charge in [-0.15, -0.1) is 16.9 Å². The summed E-state index contributed by atoms with van der Waals surface area (Å²) in [6.45, 7) is 2.30. The van der Waals surface area contributed by atoms with Gasteiger partial charge in [0.2, 0.25) is 17.7 Å². The van der Waals surface area contributed by atoms with E-state index < -0.39 is 22.6 Å². The summed E-state index contributed by atoms with van der Waals surface area (Å²) in [5, 5.41) is 23.9. The van der Waals surface area contributed by atoms with E-state index in [1.807, 2.05) is 31.2 Å². The number of aromatic nitrogens is 3. The van der Waals surface area contributed by atoms with Crippen LogP contribution in [0.15, 0.2) is 48.5 Å². The number of thioether (sulfide) groups is 1. The molecule has 0 saturated carbocycles. The number of rotatable bonds is 9. The van der Waals surface area contributed by atoms with Crippen molar-refractivity contribution in [2.75, 3.05) is 25.1 Å². The fourth-order valence-electron chi connectivity index (χ4n) is 6.41. The Labute approximate surface area is 229 Å². The summed E-state index contributed by atoms with van der Waals surface area (Å²) in [7, 11) is 0. The van der Waals surface area contributed by atoms with Gasteiger partial charge >= 0.3 is 0 Å². The third-order valence-corrected chi connectivity index (χ3v) is 9.90. The first-order valence-corrected chi connectivity index (χ1v) is 14.0. The zero-order valence-electron chi connectivity index (χ0n) is 21.4. The molecule has 3 aromatic rings. The molecule has 3 saturated heterocycles. The Morgan fingerprint density at radius 2 is 1.97 bits per heavy atom. The van der Waals surface area contributed by atoms with E-state index in [1.165, 1.54) is 4.90 Å². The Kier molecular flexibility index (Phi) is 6.67. The lowest BCUT2D eigenvalue weighted by Crippen LogP contribution is -2.54. The van der Waals surface area contributed by atoms with E-state index >= 15 is 0 Å². The number of hydrogen-bond acceptors (Lipinski definition) is 8. The molecule has 3 amide bonds. The molecule has 3 aliphatic rings. The molecule has 3 N–H and O–H groups in total. The quantitative estimate of drug-likeness (QED) is 0.365. The summed E-state index contributed by atoms with van der Waals surface area (Å²) in [6, 6.07) is 13.8. The number of likely N-dealkylation sites (tertiary alicyclic amines) is 1. The van der Waals surface area contributed by atoms with E-state index in [-0.39, 0.29) is 42.8 Å². The van der Waals surface area contributed by atoms with Gasteiger partial charge in [0.05, 0.1) is 35.3 Å². The number of para-hydroxylation sites is 1. The van der Waals surface area contributed by atoms with Crippen molar-refractivity contribution in [1.29, 1.82) is 0 Å². The largest absolute Gasteiger partial charge is 0.494 e. The first kappa shape index (κ1) is 25.6. The van der Waals surface area contributed by atoms with Crippen LogP contribution in [0.25, 0.3) is 11.0 Å². The van der Waals surface area contributed by atoms with Crippen LogP contribution in [-0.4, -0.2) is 78.5 Å². The number of nitrogens with zero attached hydrogens (tertiary/aromatic N) is 4. The van der Waals surface area contributed by atoms with Gasteiger partial charge in [-0.2, -0.15) is 0 Å². The van der Waals surface area contributed by atoms with Gasteiger partial charge in [0.1, 0.15) is 24.0 Å². The highest BCUT2D eigenvalue weighted by atomic mass is 32.2. The third kappa shape index (κ3) is 4.22. The number of benzene rings is 2. The molecule has 5 atom stereocenters. The summed E-state index contributed by atoms with van der Waals surface area (Å²) in [4.78, 5) is 42.5. The maximum absolute atomic E-state index is 13.8. The second-order valence-electron chi connectivity index (χ2n) is 10.0. The number of hydrogen-bond donors (Lipinski definition) is 3. The number of fused-ring (bicyclic) bond motifs is 2. The van der Waals surface area contributed by atoms with Crippen LogP contribution >= 0.6 is 11.8 Å². The standard InChI is InChI=1S/C27H30N6O5S/c1-2-38-17-9-7-16(8-10-17)29-24(35)21-20-11-12-27(39-20)22(21)26(37)32(13-14-34)23(27)25(36)28-15-33-19-6-4-3-5-18(19)30-31-33/h3-10,20-23,34H,2,11-15H2,1H3,(H,28,36)(H,29,35)/t20-,21+,22+,23?,27?/m1/s1. The van der Waals surface area contributed by atoms with Crippen LogP contribution in [-0.2, 0) is 21.1 Å². The van der Waals surface area contributed by atoms with Gasteiger partial charge in [-0.25, -0.2) is 4.68 Å². The molecule has 1 aromatic heterocycles. The number of amides is 3. The Balaban J connectivity index is 1.23. The van der Waals surface area contributed by atoms with Crippen LogP contribution in [0.3, 0.4) is 0 Å². The number of ether oxygens (including phenoxy) is 1. The number of β-amino-alcohol motifs (C(OH)–C–C–N with tert-alkyl or cyclic N) is 1. The first-order valence-electron chi connectivity index (χ1n) is 13.2. The fourth-order valence-corrected chi connectivity index (χ4v) is 8.63. The molecular weight excluding hydrogens is 520 g/mol. The topological polar surface area (TPSA) is 139 Å². The molecule has 4 heterocycles. The molecule has 39 heavy (non-hydrogen) atoms. The molecule has 11 nitrogen and oxygen atoms in total. The first-order chi connectivity index (χ1) is 19.0. The molecule has 6 rings (SSSR count). The Morgan fingerprint density at radius 1 is 1.18 bits per heavy atom. The second kappa shape index (κ2) is 10.2. The zero-order chi connectivity index (χ0) is 27.1. The van der Waals surface area contributed by atoms with E-state index in [1.54, 1.807) is 40.7 Å². The van der Waals surface area contributed by atoms with E-state index in [2.05, 4.69) is 20.9 Å². The summed E-state index contributed by atoms with van der Waals surface area (Å²) in [6.07, 6.45) is 1.39. The average Bonchev–Trinajstić information content (AvgIpc) is 3.68. The highest BCUT2D eigenvalue weighted by Crippen LogP contribution is 2.66. The predicted molar refractivity (Wildman–Crippen MR) is 145 cm³/mol. The van der Waals surface area contributed by atoms with E-state index in [0.29, 0.717) is 24.5 Å². The van der Waals surface area contributed by atoms with Crippen molar-refractivity contribution in [1.82, 2.24) is 25.2 Å². The summed E-state index contributed by atoms with van der Waals surface area (Å²) in [5.41, 5.74) is 2.12. The lowest BCUT2D eigenvalue weighted by atomic mass is 9.70. The van der Waals surface area contributed by atoms with Crippen molar-refractivity contribution in [3.8, 4) is 5.75 Å². The highest BCUT2D eigenvalue weighted by Gasteiger charge is 2.73. The summed E-state index contributed by atoms with van der Waals surface area (Å²) in [5.74, 6) is -1.30. The van der Waals surface area contributed by atoms with E-state index in [0.717, 1.165) is 17.5 Å². The molecular formula is C27H30N6O5S. The zero-order valence-corrected chi connectivity index (χ0v) is 22.3. The van der Waals surface area contributed by atoms with Gasteiger partial charge in [0.25, 0.3) is 0 Å². The molecule has 2 bridgehead atoms. The van der Waals surface area contributed by atoms with Gasteiger partial charge in [-0.1, -0.05) is 17.3 Å². The number of nitrogens with one attached hydrogen (secondary N) is 2. The molecule has 3 aliphatic heterocycles. The minimum absolute atomic E-state index is 0.0277. The van der Waals surface area contributed by atoms with Gasteiger partial charge in [-0.05, 0) is 56.2 Å². The lowest BCUT2D eigenvalue weighted by Gasteiger charge is -2.34. The smallest absolute Gasteiger partial charge is 0.245 e. The number of carbonyl (C=O) groups excluding carboxylic acids is 3. The fraction of sp³-hybridized carbons (Fsp3) is 0.444. The van der Waals surface area contributed by atoms with Crippen molar-refractivity contribution < 1.29 is 24.2 Å². The second-order valence-corrected chi connectivity index (χ2v) is 11.6. The maximum Gasteiger partial charge on any atom is 0.245 e. The van der Waals surface area contributed by atoms with Crippen molar-refractivity contribution in [3.05, 3.63) is 48.5 Å². The SMILES string of the molecule is CCOc1ccc(NC(=O)[C@@H]2[C@H]3C(=O)N(CCO)C(C(=O)NCn4nnc5ccccc54)C34CC[C@H]2S4)cc1. The van der Waals surface area contributed by atoms with Gasteiger partial charge in [0, 0.05) is 17.5 Å². The third-order valence-electron chi connectivity index (χ3n) is 7.95. The highest BCUT2D eigenvalue weighted by molar-refractivity contribution is 8.02. The minimum Gasteiger partial charge on any atom is -0.494 e. The maximum atomic E-state index is 13.8. The number of aliphatic hydroxyl groups excluding tert-OH is 1. The van der Waals surface area contributed by atoms with E-state index in [9.17, 15) is 19.5 Å². The molecule has 3 fully saturated rings. The molecule has 1 spiro atoms. The van der Waals surface area contributed by atoms with E-state index in [4.69, 9.17) is 4.74 Å². The number of carbonyl (C=O) groups is 3. The molecule has 0 aliphatic carbocycles. The molecule has 204 valence electrons. The van der Waals surface area contributed by atoms with Gasteiger partial charge in [0.15, 0.2) is 0 Å². The molecule has 12 heteroatoms. The van der Waals surface area contributed by atoms with Crippen LogP contribution in [0.2, 0.25) is 0 Å². The Bertz CT molecular complexity index is 1410. The normalized spacial score (nSPS) is 27.1. The van der Waals surface area contributed by atoms with Gasteiger partial charge < -0.3 is 25.4 Å². The molecule has 2 aromatic carbocycles.